The number of benzene rings is 2. The predicted octanol–water partition coefficient (Wildman–Crippen LogP) is 6.21. The molecule has 0 aliphatic heterocycles. The monoisotopic (exact) mass is 413 g/mol. The Hall–Kier alpha value is -3.44. The zero-order valence-corrected chi connectivity index (χ0v) is 17.7. The van der Waals surface area contributed by atoms with Crippen molar-refractivity contribution in [3.8, 4) is 0 Å². The lowest BCUT2D eigenvalue weighted by Gasteiger charge is -2.21. The maximum absolute atomic E-state index is 12.8. The molecule has 150 valence electrons. The highest BCUT2D eigenvalue weighted by Gasteiger charge is 2.22. The third-order valence-corrected chi connectivity index (χ3v) is 5.75. The maximum Gasteiger partial charge on any atom is 0.256 e. The molecule has 4 rings (SSSR count). The van der Waals surface area contributed by atoms with Crippen molar-refractivity contribution in [1.82, 2.24) is 4.98 Å². The first-order valence-corrected chi connectivity index (χ1v) is 10.6. The van der Waals surface area contributed by atoms with Crippen molar-refractivity contribution >= 4 is 28.1 Å². The number of carbonyl (C=O) groups is 1. The summed E-state index contributed by atoms with van der Waals surface area (Å²) in [6.07, 6.45) is 0. The summed E-state index contributed by atoms with van der Waals surface area (Å²) >= 11 is 1.58. The summed E-state index contributed by atoms with van der Waals surface area (Å²) in [6, 6.07) is 27.4. The average molecular weight is 414 g/mol. The standard InChI is InChI=1S/C25H23N3OS/c1-17-10-9-15-22(26-17)27-23(19-11-5-3-6-12-19)21-16-18(2)30-25(21)28-24(29)20-13-7-4-8-14-20/h3-16,23H,1-2H3,(H,26,27)(H,28,29). The van der Waals surface area contributed by atoms with Gasteiger partial charge in [0, 0.05) is 21.7 Å². The van der Waals surface area contributed by atoms with Crippen LogP contribution in [-0.4, -0.2) is 10.9 Å². The average Bonchev–Trinajstić information content (AvgIpc) is 3.13. The number of thiophene rings is 1. The first-order chi connectivity index (χ1) is 14.6. The van der Waals surface area contributed by atoms with Gasteiger partial charge in [0.05, 0.1) is 6.04 Å². The number of rotatable bonds is 6. The lowest BCUT2D eigenvalue weighted by atomic mass is 10.00. The highest BCUT2D eigenvalue weighted by Crippen LogP contribution is 2.37. The van der Waals surface area contributed by atoms with E-state index in [9.17, 15) is 4.79 Å². The molecular formula is C25H23N3OS. The second-order valence-electron chi connectivity index (χ2n) is 7.11. The smallest absolute Gasteiger partial charge is 0.256 e. The minimum atomic E-state index is -0.142. The summed E-state index contributed by atoms with van der Waals surface area (Å²) in [5.41, 5.74) is 3.72. The van der Waals surface area contributed by atoms with Crippen molar-refractivity contribution in [2.24, 2.45) is 0 Å². The van der Waals surface area contributed by atoms with Gasteiger partial charge < -0.3 is 10.6 Å². The van der Waals surface area contributed by atoms with Crippen LogP contribution in [0.3, 0.4) is 0 Å². The van der Waals surface area contributed by atoms with Crippen molar-refractivity contribution in [2.75, 3.05) is 10.6 Å². The van der Waals surface area contributed by atoms with Gasteiger partial charge in [-0.2, -0.15) is 0 Å². The van der Waals surface area contributed by atoms with Crippen LogP contribution < -0.4 is 10.6 Å². The molecule has 30 heavy (non-hydrogen) atoms. The number of amides is 1. The molecule has 0 saturated heterocycles. The van der Waals surface area contributed by atoms with Gasteiger partial charge in [-0.15, -0.1) is 11.3 Å². The second kappa shape index (κ2) is 8.93. The minimum Gasteiger partial charge on any atom is -0.359 e. The van der Waals surface area contributed by atoms with Gasteiger partial charge in [-0.05, 0) is 49.7 Å². The fraction of sp³-hybridized carbons (Fsp3) is 0.120. The number of carbonyl (C=O) groups excluding carboxylic acids is 1. The van der Waals surface area contributed by atoms with E-state index in [1.807, 2.05) is 73.7 Å². The van der Waals surface area contributed by atoms with Crippen molar-refractivity contribution in [3.63, 3.8) is 0 Å². The van der Waals surface area contributed by atoms with Crippen LogP contribution in [-0.2, 0) is 0 Å². The highest BCUT2D eigenvalue weighted by atomic mass is 32.1. The highest BCUT2D eigenvalue weighted by molar-refractivity contribution is 7.16. The Labute approximate surface area is 180 Å². The molecule has 1 atom stereocenters. The number of pyridine rings is 1. The first kappa shape index (κ1) is 19.9. The summed E-state index contributed by atoms with van der Waals surface area (Å²) in [5.74, 6) is 0.687. The zero-order chi connectivity index (χ0) is 20.9. The summed E-state index contributed by atoms with van der Waals surface area (Å²) in [4.78, 5) is 18.5. The Morgan fingerprint density at radius 1 is 0.900 bits per heavy atom. The Morgan fingerprint density at radius 3 is 2.30 bits per heavy atom. The predicted molar refractivity (Wildman–Crippen MR) is 124 cm³/mol. The van der Waals surface area contributed by atoms with Crippen molar-refractivity contribution in [2.45, 2.75) is 19.9 Å². The topological polar surface area (TPSA) is 54.0 Å². The molecule has 5 heteroatoms. The molecule has 0 spiro atoms. The number of aromatic nitrogens is 1. The fourth-order valence-corrected chi connectivity index (χ4v) is 4.31. The van der Waals surface area contributed by atoms with E-state index in [4.69, 9.17) is 0 Å². The van der Waals surface area contributed by atoms with Gasteiger partial charge in [-0.25, -0.2) is 4.98 Å². The van der Waals surface area contributed by atoms with Crippen LogP contribution in [0, 0.1) is 13.8 Å². The zero-order valence-electron chi connectivity index (χ0n) is 16.9. The molecule has 2 aromatic carbocycles. The van der Waals surface area contributed by atoms with Gasteiger partial charge in [0.1, 0.15) is 10.8 Å². The quantitative estimate of drug-likeness (QED) is 0.395. The third kappa shape index (κ3) is 4.58. The molecule has 0 aliphatic carbocycles. The van der Waals surface area contributed by atoms with Crippen LogP contribution in [0.2, 0.25) is 0 Å². The first-order valence-electron chi connectivity index (χ1n) is 9.82. The number of aryl methyl sites for hydroxylation is 2. The molecule has 4 nitrogen and oxygen atoms in total. The Balaban J connectivity index is 1.71. The molecular weight excluding hydrogens is 390 g/mol. The van der Waals surface area contributed by atoms with Crippen LogP contribution in [0.5, 0.6) is 0 Å². The Morgan fingerprint density at radius 2 is 1.60 bits per heavy atom. The SMILES string of the molecule is Cc1cccc(NC(c2ccccc2)c2cc(C)sc2NC(=O)c2ccccc2)n1. The van der Waals surface area contributed by atoms with Crippen LogP contribution in [0.4, 0.5) is 10.8 Å². The van der Waals surface area contributed by atoms with E-state index >= 15 is 0 Å². The minimum absolute atomic E-state index is 0.112. The van der Waals surface area contributed by atoms with Crippen LogP contribution >= 0.6 is 11.3 Å². The number of nitrogens with zero attached hydrogens (tertiary/aromatic N) is 1. The van der Waals surface area contributed by atoms with Gasteiger partial charge in [-0.3, -0.25) is 4.79 Å². The van der Waals surface area contributed by atoms with Crippen molar-refractivity contribution in [3.05, 3.63) is 112 Å². The molecule has 2 N–H and O–H groups in total. The molecule has 0 radical (unpaired) electrons. The molecule has 0 bridgehead atoms. The summed E-state index contributed by atoms with van der Waals surface area (Å²) in [6.45, 7) is 4.03. The summed E-state index contributed by atoms with van der Waals surface area (Å²) < 4.78 is 0. The van der Waals surface area contributed by atoms with E-state index in [2.05, 4.69) is 40.7 Å². The molecule has 1 unspecified atom stereocenters. The molecule has 2 heterocycles. The van der Waals surface area contributed by atoms with Gasteiger partial charge >= 0.3 is 0 Å². The van der Waals surface area contributed by atoms with E-state index in [-0.39, 0.29) is 11.9 Å². The van der Waals surface area contributed by atoms with Crippen LogP contribution in [0.25, 0.3) is 0 Å². The van der Waals surface area contributed by atoms with Gasteiger partial charge in [-0.1, -0.05) is 54.6 Å². The van der Waals surface area contributed by atoms with E-state index in [1.54, 1.807) is 11.3 Å². The second-order valence-corrected chi connectivity index (χ2v) is 8.37. The molecule has 0 fully saturated rings. The Kier molecular flexibility index (Phi) is 5.91. The van der Waals surface area contributed by atoms with E-state index in [0.29, 0.717) is 5.56 Å². The van der Waals surface area contributed by atoms with E-state index in [0.717, 1.165) is 32.5 Å². The van der Waals surface area contributed by atoms with Crippen molar-refractivity contribution < 1.29 is 4.79 Å². The number of hydrogen-bond donors (Lipinski definition) is 2. The summed E-state index contributed by atoms with van der Waals surface area (Å²) in [5, 5.41) is 7.52. The fourth-order valence-electron chi connectivity index (χ4n) is 3.37. The number of anilines is 2. The largest absolute Gasteiger partial charge is 0.359 e. The van der Waals surface area contributed by atoms with Crippen molar-refractivity contribution in [1.29, 1.82) is 0 Å². The molecule has 1 amide bonds. The van der Waals surface area contributed by atoms with Gasteiger partial charge in [0.25, 0.3) is 5.91 Å². The maximum atomic E-state index is 12.8. The van der Waals surface area contributed by atoms with E-state index in [1.165, 1.54) is 0 Å². The number of hydrogen-bond acceptors (Lipinski definition) is 4. The van der Waals surface area contributed by atoms with Gasteiger partial charge in [0.15, 0.2) is 0 Å². The van der Waals surface area contributed by atoms with Gasteiger partial charge in [0.2, 0.25) is 0 Å². The lowest BCUT2D eigenvalue weighted by Crippen LogP contribution is -2.17. The third-order valence-electron chi connectivity index (χ3n) is 4.77. The molecule has 2 aromatic heterocycles. The molecule has 0 saturated carbocycles. The summed E-state index contributed by atoms with van der Waals surface area (Å²) in [7, 11) is 0. The molecule has 4 aromatic rings. The number of nitrogens with one attached hydrogen (secondary N) is 2. The molecule has 0 aliphatic rings. The Bertz CT molecular complexity index is 1140. The van der Waals surface area contributed by atoms with Crippen LogP contribution in [0.15, 0.2) is 84.9 Å². The normalized spacial score (nSPS) is 11.7. The van der Waals surface area contributed by atoms with E-state index < -0.39 is 0 Å². The lowest BCUT2D eigenvalue weighted by molar-refractivity contribution is 0.102. The van der Waals surface area contributed by atoms with Crippen LogP contribution in [0.1, 0.15) is 38.1 Å².